The highest BCUT2D eigenvalue weighted by Gasteiger charge is 2.31. The molecule has 0 spiro atoms. The Morgan fingerprint density at radius 2 is 1.84 bits per heavy atom. The maximum atomic E-state index is 13.2. The number of carbonyl (C=O) groups is 1. The topological polar surface area (TPSA) is 114 Å². The smallest absolute Gasteiger partial charge is 0.286 e. The van der Waals surface area contributed by atoms with Crippen molar-refractivity contribution < 1.29 is 32.5 Å². The van der Waals surface area contributed by atoms with Gasteiger partial charge in [-0.25, -0.2) is 8.42 Å². The summed E-state index contributed by atoms with van der Waals surface area (Å²) in [6.07, 6.45) is 4.46. The van der Waals surface area contributed by atoms with Crippen molar-refractivity contribution in [2.75, 3.05) is 33.4 Å². The average molecular weight is 565 g/mol. The lowest BCUT2D eigenvalue weighted by Crippen LogP contribution is -2.42. The molecule has 2 N–H and O–H groups in total. The molecule has 2 aliphatic rings. The van der Waals surface area contributed by atoms with Crippen molar-refractivity contribution in [3.8, 4) is 5.75 Å². The largest absolute Gasteiger partial charge is 0.497 e. The number of nitrogens with zero attached hydrogens (tertiary/aromatic N) is 1. The lowest BCUT2D eigenvalue weighted by Gasteiger charge is -2.32. The Hall–Kier alpha value is -2.63. The fourth-order valence-corrected chi connectivity index (χ4v) is 5.86. The van der Waals surface area contributed by atoms with Crippen molar-refractivity contribution in [1.82, 2.24) is 9.62 Å². The van der Waals surface area contributed by atoms with Crippen LogP contribution in [0, 0.1) is 0 Å². The molecule has 2 aromatic carbocycles. The highest BCUT2D eigenvalue weighted by atomic mass is 35.5. The van der Waals surface area contributed by atoms with Gasteiger partial charge >= 0.3 is 0 Å². The van der Waals surface area contributed by atoms with E-state index in [2.05, 4.69) is 5.32 Å². The summed E-state index contributed by atoms with van der Waals surface area (Å²) in [5, 5.41) is 13.1. The van der Waals surface area contributed by atoms with Crippen LogP contribution in [-0.2, 0) is 24.3 Å². The molecule has 0 saturated heterocycles. The van der Waals surface area contributed by atoms with Crippen LogP contribution in [0.1, 0.15) is 37.2 Å². The van der Waals surface area contributed by atoms with Gasteiger partial charge in [0.05, 0.1) is 25.2 Å². The molecule has 2 atom stereocenters. The summed E-state index contributed by atoms with van der Waals surface area (Å²) in [5.41, 5.74) is 0.962. The second-order valence-corrected chi connectivity index (χ2v) is 11.6. The van der Waals surface area contributed by atoms with Crippen LogP contribution in [0.2, 0.25) is 5.02 Å². The first-order chi connectivity index (χ1) is 18.3. The summed E-state index contributed by atoms with van der Waals surface area (Å²) in [5.74, 6) is 0.290. The van der Waals surface area contributed by atoms with Crippen molar-refractivity contribution in [3.63, 3.8) is 0 Å². The number of allylic oxidation sites excluding steroid dienone is 1. The Labute approximate surface area is 228 Å². The lowest BCUT2D eigenvalue weighted by molar-refractivity contribution is -0.147. The molecule has 0 radical (unpaired) electrons. The highest BCUT2D eigenvalue weighted by molar-refractivity contribution is 7.89. The summed E-state index contributed by atoms with van der Waals surface area (Å²) in [7, 11) is -2.37. The molecular weight excluding hydrogens is 532 g/mol. The number of aliphatic hydroxyl groups is 1. The Morgan fingerprint density at radius 1 is 1.13 bits per heavy atom. The maximum Gasteiger partial charge on any atom is 0.286 e. The van der Waals surface area contributed by atoms with Crippen LogP contribution in [0.5, 0.6) is 5.75 Å². The molecule has 9 nitrogen and oxygen atoms in total. The third-order valence-electron chi connectivity index (χ3n) is 6.71. The molecule has 11 heteroatoms. The van der Waals surface area contributed by atoms with Crippen LogP contribution in [0.25, 0.3) is 0 Å². The third kappa shape index (κ3) is 7.06. The van der Waals surface area contributed by atoms with Crippen LogP contribution in [0.3, 0.4) is 0 Å². The molecule has 0 bridgehead atoms. The molecule has 0 unspecified atom stereocenters. The molecule has 1 fully saturated rings. The van der Waals surface area contributed by atoms with Crippen molar-refractivity contribution in [2.45, 2.75) is 48.8 Å². The molecule has 2 aromatic rings. The Balaban J connectivity index is 1.43. The number of halogens is 1. The number of ether oxygens (including phenoxy) is 3. The number of hydrogen-bond acceptors (Lipinski definition) is 7. The monoisotopic (exact) mass is 564 g/mol. The van der Waals surface area contributed by atoms with E-state index in [0.29, 0.717) is 17.2 Å². The SMILES string of the molecule is COc1ccc(S(=O)(=O)N(CCO)CCO[C@H]2C[C@@H](c3ccc(Cl)cc3)C=C(C(=O)NC3CCC3)O2)cc1. The minimum atomic E-state index is -3.87. The maximum absolute atomic E-state index is 13.2. The molecule has 4 rings (SSSR count). The Kier molecular flexibility index (Phi) is 9.67. The number of methoxy groups -OCH3 is 1. The predicted octanol–water partition coefficient (Wildman–Crippen LogP) is 3.43. The minimum Gasteiger partial charge on any atom is -0.497 e. The van der Waals surface area contributed by atoms with Gasteiger partial charge in [0, 0.05) is 36.5 Å². The number of aliphatic hydroxyl groups excluding tert-OH is 1. The van der Waals surface area contributed by atoms with Gasteiger partial charge in [-0.1, -0.05) is 23.7 Å². The first-order valence-electron chi connectivity index (χ1n) is 12.6. The van der Waals surface area contributed by atoms with Crippen LogP contribution < -0.4 is 10.1 Å². The highest BCUT2D eigenvalue weighted by Crippen LogP contribution is 2.32. The summed E-state index contributed by atoms with van der Waals surface area (Å²) < 4.78 is 44.4. The van der Waals surface area contributed by atoms with E-state index in [4.69, 9.17) is 25.8 Å². The second-order valence-electron chi connectivity index (χ2n) is 9.25. The average Bonchev–Trinajstić information content (AvgIpc) is 2.90. The zero-order valence-electron chi connectivity index (χ0n) is 21.2. The molecule has 1 heterocycles. The number of hydrogen-bond donors (Lipinski definition) is 2. The summed E-state index contributed by atoms with van der Waals surface area (Å²) in [6, 6.07) is 13.6. The Bertz CT molecular complexity index is 1210. The first-order valence-corrected chi connectivity index (χ1v) is 14.4. The van der Waals surface area contributed by atoms with E-state index in [-0.39, 0.29) is 54.8 Å². The van der Waals surface area contributed by atoms with Crippen molar-refractivity contribution in [1.29, 1.82) is 0 Å². The van der Waals surface area contributed by atoms with Crippen LogP contribution in [0.15, 0.2) is 65.3 Å². The van der Waals surface area contributed by atoms with Gasteiger partial charge in [-0.2, -0.15) is 4.31 Å². The third-order valence-corrected chi connectivity index (χ3v) is 8.88. The van der Waals surface area contributed by atoms with Gasteiger partial charge in [-0.05, 0) is 67.3 Å². The van der Waals surface area contributed by atoms with E-state index in [1.165, 1.54) is 19.2 Å². The lowest BCUT2D eigenvalue weighted by atomic mass is 9.91. The molecule has 1 saturated carbocycles. The number of amides is 1. The van der Waals surface area contributed by atoms with Gasteiger partial charge in [0.2, 0.25) is 16.3 Å². The zero-order valence-corrected chi connectivity index (χ0v) is 22.8. The van der Waals surface area contributed by atoms with E-state index in [0.717, 1.165) is 29.1 Å². The molecule has 1 amide bonds. The summed E-state index contributed by atoms with van der Waals surface area (Å²) >= 11 is 6.05. The number of rotatable bonds is 12. The van der Waals surface area contributed by atoms with Gasteiger partial charge in [0.25, 0.3) is 5.91 Å². The number of sulfonamides is 1. The normalized spacial score (nSPS) is 19.8. The van der Waals surface area contributed by atoms with E-state index < -0.39 is 16.3 Å². The molecule has 1 aliphatic heterocycles. The van der Waals surface area contributed by atoms with Crippen molar-refractivity contribution in [2.24, 2.45) is 0 Å². The van der Waals surface area contributed by atoms with E-state index in [9.17, 15) is 18.3 Å². The number of nitrogens with one attached hydrogen (secondary N) is 1. The summed E-state index contributed by atoms with van der Waals surface area (Å²) in [4.78, 5) is 13.0. The predicted molar refractivity (Wildman–Crippen MR) is 142 cm³/mol. The van der Waals surface area contributed by atoms with Crippen molar-refractivity contribution in [3.05, 3.63) is 71.0 Å². The van der Waals surface area contributed by atoms with Gasteiger partial charge in [-0.3, -0.25) is 4.79 Å². The molecule has 206 valence electrons. The van der Waals surface area contributed by atoms with E-state index in [1.807, 2.05) is 12.1 Å². The van der Waals surface area contributed by atoms with Crippen LogP contribution >= 0.6 is 11.6 Å². The molecular formula is C27H33ClN2O7S. The van der Waals surface area contributed by atoms with Gasteiger partial charge < -0.3 is 24.6 Å². The van der Waals surface area contributed by atoms with Gasteiger partial charge in [-0.15, -0.1) is 0 Å². The fourth-order valence-electron chi connectivity index (χ4n) is 4.32. The van der Waals surface area contributed by atoms with Crippen LogP contribution in [0.4, 0.5) is 0 Å². The number of carbonyl (C=O) groups excluding carboxylic acids is 1. The standard InChI is InChI=1S/C27H33ClN2O7S/c1-35-23-9-11-24(12-10-23)38(33,34)30(13-15-31)14-16-36-26-18-20(19-5-7-21(28)8-6-19)17-25(37-26)27(32)29-22-3-2-4-22/h5-12,17,20,22,26,31H,2-4,13-16,18H2,1H3,(H,29,32)/t20-,26+/m0/s1. The van der Waals surface area contributed by atoms with Crippen molar-refractivity contribution >= 4 is 27.5 Å². The first kappa shape index (κ1) is 28.4. The second kappa shape index (κ2) is 12.9. The van der Waals surface area contributed by atoms with Crippen LogP contribution in [-0.4, -0.2) is 69.5 Å². The minimum absolute atomic E-state index is 0.00487. The van der Waals surface area contributed by atoms with Gasteiger partial charge in [0.1, 0.15) is 5.75 Å². The van der Waals surface area contributed by atoms with E-state index >= 15 is 0 Å². The molecule has 0 aromatic heterocycles. The Morgan fingerprint density at radius 3 is 2.45 bits per heavy atom. The van der Waals surface area contributed by atoms with Gasteiger partial charge in [0.15, 0.2) is 5.76 Å². The fraction of sp³-hybridized carbons (Fsp3) is 0.444. The van der Waals surface area contributed by atoms with E-state index in [1.54, 1.807) is 30.3 Å². The zero-order chi connectivity index (χ0) is 27.1. The quantitative estimate of drug-likeness (QED) is 0.406. The summed E-state index contributed by atoms with van der Waals surface area (Å²) in [6.45, 7) is -0.438. The molecule has 38 heavy (non-hydrogen) atoms. The number of benzene rings is 2. The molecule has 1 aliphatic carbocycles.